The molecule has 1 atom stereocenters. The van der Waals surface area contributed by atoms with Crippen LogP contribution >= 0.6 is 0 Å². The van der Waals surface area contributed by atoms with Crippen LogP contribution in [-0.4, -0.2) is 18.9 Å². The highest BCUT2D eigenvalue weighted by molar-refractivity contribution is 5.73. The van der Waals surface area contributed by atoms with Gasteiger partial charge in [-0.05, 0) is 30.1 Å². The van der Waals surface area contributed by atoms with Crippen molar-refractivity contribution in [3.05, 3.63) is 0 Å². The van der Waals surface area contributed by atoms with Gasteiger partial charge in [0.25, 0.3) is 0 Å². The molecule has 1 rings (SSSR count). The fourth-order valence-corrected chi connectivity index (χ4v) is 2.70. The summed E-state index contributed by atoms with van der Waals surface area (Å²) >= 11 is 0. The molecule has 0 heterocycles. The second-order valence-electron chi connectivity index (χ2n) is 8.34. The van der Waals surface area contributed by atoms with Gasteiger partial charge in [-0.25, -0.2) is 0 Å². The molecule has 1 fully saturated rings. The summed E-state index contributed by atoms with van der Waals surface area (Å²) < 4.78 is 11.0. The Morgan fingerprint density at radius 3 is 2.10 bits per heavy atom. The maximum Gasteiger partial charge on any atom is 0.311 e. The van der Waals surface area contributed by atoms with Gasteiger partial charge in [0.1, 0.15) is 0 Å². The summed E-state index contributed by atoms with van der Waals surface area (Å²) in [6, 6.07) is 0. The predicted molar refractivity (Wildman–Crippen MR) is 81.3 cm³/mol. The zero-order valence-electron chi connectivity index (χ0n) is 14.1. The molecule has 1 aliphatic rings. The molecule has 0 aromatic carbocycles. The van der Waals surface area contributed by atoms with Gasteiger partial charge in [-0.1, -0.05) is 54.4 Å². The molecule has 0 saturated heterocycles. The standard InChI is InChI=1S/C17H32O3/c1-16(2,3)11-14(17(4,5)6)15(18)20-12-19-13-9-7-8-10-13/h13-14H,7-12H2,1-6H3. The SMILES string of the molecule is CC(C)(C)CC(C(=O)OCOC1CCCC1)C(C)(C)C. The van der Waals surface area contributed by atoms with Crippen molar-refractivity contribution < 1.29 is 14.3 Å². The Bertz CT molecular complexity index is 303. The number of hydrogen-bond donors (Lipinski definition) is 0. The Morgan fingerprint density at radius 2 is 1.65 bits per heavy atom. The number of carbonyl (C=O) groups is 1. The van der Waals surface area contributed by atoms with Crippen molar-refractivity contribution in [3.63, 3.8) is 0 Å². The van der Waals surface area contributed by atoms with Gasteiger partial charge in [-0.2, -0.15) is 0 Å². The van der Waals surface area contributed by atoms with Crippen LogP contribution < -0.4 is 0 Å². The number of carbonyl (C=O) groups excluding carboxylic acids is 1. The molecule has 0 aliphatic heterocycles. The smallest absolute Gasteiger partial charge is 0.311 e. The Labute approximate surface area is 124 Å². The molecule has 1 aliphatic carbocycles. The first-order chi connectivity index (χ1) is 9.09. The van der Waals surface area contributed by atoms with E-state index in [1.807, 2.05) is 0 Å². The minimum atomic E-state index is -0.120. The average Bonchev–Trinajstić information content (AvgIpc) is 2.76. The number of rotatable bonds is 5. The highest BCUT2D eigenvalue weighted by Crippen LogP contribution is 2.36. The van der Waals surface area contributed by atoms with Crippen LogP contribution in [-0.2, 0) is 14.3 Å². The third-order valence-corrected chi connectivity index (χ3v) is 3.95. The topological polar surface area (TPSA) is 35.5 Å². The zero-order valence-corrected chi connectivity index (χ0v) is 14.1. The molecule has 1 saturated carbocycles. The van der Waals surface area contributed by atoms with Gasteiger partial charge in [-0.15, -0.1) is 0 Å². The van der Waals surface area contributed by atoms with Crippen LogP contribution in [0, 0.1) is 16.7 Å². The van der Waals surface area contributed by atoms with E-state index >= 15 is 0 Å². The van der Waals surface area contributed by atoms with Crippen molar-refractivity contribution in [2.24, 2.45) is 16.7 Å². The van der Waals surface area contributed by atoms with Gasteiger partial charge < -0.3 is 9.47 Å². The number of hydrogen-bond acceptors (Lipinski definition) is 3. The molecule has 3 heteroatoms. The molecule has 0 spiro atoms. The van der Waals surface area contributed by atoms with Gasteiger partial charge in [0.05, 0.1) is 12.0 Å². The molecule has 20 heavy (non-hydrogen) atoms. The highest BCUT2D eigenvalue weighted by Gasteiger charge is 2.35. The van der Waals surface area contributed by atoms with Gasteiger partial charge in [0.15, 0.2) is 6.79 Å². The summed E-state index contributed by atoms with van der Waals surface area (Å²) in [6.45, 7) is 12.9. The van der Waals surface area contributed by atoms with E-state index < -0.39 is 0 Å². The van der Waals surface area contributed by atoms with Crippen molar-refractivity contribution in [2.75, 3.05) is 6.79 Å². The van der Waals surface area contributed by atoms with E-state index in [4.69, 9.17) is 9.47 Å². The second kappa shape index (κ2) is 6.93. The fourth-order valence-electron chi connectivity index (χ4n) is 2.70. The molecule has 0 aromatic heterocycles. The summed E-state index contributed by atoms with van der Waals surface area (Å²) in [7, 11) is 0. The summed E-state index contributed by atoms with van der Waals surface area (Å²) in [5.41, 5.74) is 0.0288. The van der Waals surface area contributed by atoms with E-state index in [1.54, 1.807) is 0 Å². The van der Waals surface area contributed by atoms with Crippen LogP contribution in [0.1, 0.15) is 73.6 Å². The lowest BCUT2D eigenvalue weighted by atomic mass is 9.72. The third kappa shape index (κ3) is 6.25. The normalized spacial score (nSPS) is 19.1. The summed E-state index contributed by atoms with van der Waals surface area (Å²) in [4.78, 5) is 12.3. The molecule has 0 N–H and O–H groups in total. The van der Waals surface area contributed by atoms with Gasteiger partial charge in [-0.3, -0.25) is 4.79 Å². The molecular weight excluding hydrogens is 252 g/mol. The lowest BCUT2D eigenvalue weighted by Crippen LogP contribution is -2.34. The van der Waals surface area contributed by atoms with E-state index in [1.165, 1.54) is 12.8 Å². The molecule has 3 nitrogen and oxygen atoms in total. The van der Waals surface area contributed by atoms with Gasteiger partial charge in [0.2, 0.25) is 0 Å². The maximum atomic E-state index is 12.3. The molecule has 0 bridgehead atoms. The molecule has 0 aromatic rings. The Morgan fingerprint density at radius 1 is 1.10 bits per heavy atom. The summed E-state index contributed by atoms with van der Waals surface area (Å²) in [6.07, 6.45) is 5.78. The van der Waals surface area contributed by atoms with Crippen molar-refractivity contribution >= 4 is 5.97 Å². The molecular formula is C17H32O3. The monoisotopic (exact) mass is 284 g/mol. The molecule has 1 unspecified atom stereocenters. The first kappa shape index (κ1) is 17.5. The minimum absolute atomic E-state index is 0.0856. The van der Waals surface area contributed by atoms with E-state index in [0.717, 1.165) is 19.3 Å². The fraction of sp³-hybridized carbons (Fsp3) is 0.941. The van der Waals surface area contributed by atoms with Gasteiger partial charge >= 0.3 is 5.97 Å². The number of ether oxygens (including phenoxy) is 2. The van der Waals surface area contributed by atoms with E-state index in [-0.39, 0.29) is 29.5 Å². The van der Waals surface area contributed by atoms with E-state index in [0.29, 0.717) is 6.10 Å². The lowest BCUT2D eigenvalue weighted by Gasteiger charge is -2.33. The van der Waals surface area contributed by atoms with Crippen molar-refractivity contribution in [1.82, 2.24) is 0 Å². The van der Waals surface area contributed by atoms with Crippen LogP contribution in [0.2, 0.25) is 0 Å². The van der Waals surface area contributed by atoms with E-state index in [9.17, 15) is 4.79 Å². The van der Waals surface area contributed by atoms with Crippen molar-refractivity contribution in [3.8, 4) is 0 Å². The third-order valence-electron chi connectivity index (χ3n) is 3.95. The Hall–Kier alpha value is -0.570. The first-order valence-electron chi connectivity index (χ1n) is 7.88. The summed E-state index contributed by atoms with van der Waals surface area (Å²) in [5.74, 6) is -0.208. The zero-order chi connectivity index (χ0) is 15.4. The van der Waals surface area contributed by atoms with Crippen molar-refractivity contribution in [2.45, 2.75) is 79.8 Å². The van der Waals surface area contributed by atoms with Crippen LogP contribution in [0.15, 0.2) is 0 Å². The molecule has 0 radical (unpaired) electrons. The second-order valence-corrected chi connectivity index (χ2v) is 8.34. The van der Waals surface area contributed by atoms with Crippen LogP contribution in [0.5, 0.6) is 0 Å². The van der Waals surface area contributed by atoms with Crippen LogP contribution in [0.25, 0.3) is 0 Å². The lowest BCUT2D eigenvalue weighted by molar-refractivity contribution is -0.170. The highest BCUT2D eigenvalue weighted by atomic mass is 16.7. The number of esters is 1. The average molecular weight is 284 g/mol. The van der Waals surface area contributed by atoms with Gasteiger partial charge in [0, 0.05) is 0 Å². The summed E-state index contributed by atoms with van der Waals surface area (Å²) in [5, 5.41) is 0. The predicted octanol–water partition coefficient (Wildman–Crippen LogP) is 4.54. The largest absolute Gasteiger partial charge is 0.438 e. The minimum Gasteiger partial charge on any atom is -0.438 e. The maximum absolute atomic E-state index is 12.3. The first-order valence-corrected chi connectivity index (χ1v) is 7.88. The van der Waals surface area contributed by atoms with Crippen LogP contribution in [0.3, 0.4) is 0 Å². The Balaban J connectivity index is 2.46. The van der Waals surface area contributed by atoms with Crippen molar-refractivity contribution in [1.29, 1.82) is 0 Å². The Kier molecular flexibility index (Phi) is 6.06. The molecule has 0 amide bonds. The van der Waals surface area contributed by atoms with E-state index in [2.05, 4.69) is 41.5 Å². The van der Waals surface area contributed by atoms with Crippen LogP contribution in [0.4, 0.5) is 0 Å². The molecule has 118 valence electrons. The quantitative estimate of drug-likeness (QED) is 0.549.